The molecule has 2 aliphatic carbocycles. The van der Waals surface area contributed by atoms with E-state index >= 15 is 0 Å². The second-order valence-corrected chi connectivity index (χ2v) is 8.34. The summed E-state index contributed by atoms with van der Waals surface area (Å²) < 4.78 is 47.1. The fourth-order valence-corrected chi connectivity index (χ4v) is 5.45. The third-order valence-electron chi connectivity index (χ3n) is 6.68. The summed E-state index contributed by atoms with van der Waals surface area (Å²) in [7, 11) is 0. The minimum Gasteiger partial charge on any atom is -0.406 e. The summed E-state index contributed by atoms with van der Waals surface area (Å²) in [6.07, 6.45) is -0.636. The summed E-state index contributed by atoms with van der Waals surface area (Å²) in [6, 6.07) is 4.12. The molecule has 1 aromatic rings. The molecular weight excluding hydrogens is 413 g/mol. The lowest BCUT2D eigenvalue weighted by Gasteiger charge is -2.37. The fourth-order valence-electron chi connectivity index (χ4n) is 5.45. The molecule has 0 radical (unpaired) electrons. The van der Waals surface area contributed by atoms with Gasteiger partial charge in [0.05, 0.1) is 18.8 Å². The first-order chi connectivity index (χ1) is 14.8. The number of hydrazine groups is 1. The Balaban J connectivity index is 1.49. The van der Waals surface area contributed by atoms with Gasteiger partial charge in [-0.05, 0) is 42.4 Å². The van der Waals surface area contributed by atoms with Gasteiger partial charge >= 0.3 is 6.36 Å². The molecule has 1 saturated carbocycles. The lowest BCUT2D eigenvalue weighted by molar-refractivity contribution is -0.274. The molecule has 1 aromatic carbocycles. The van der Waals surface area contributed by atoms with Crippen LogP contribution in [0.2, 0.25) is 0 Å². The average Bonchev–Trinajstić information content (AvgIpc) is 3.31. The van der Waals surface area contributed by atoms with E-state index in [4.69, 9.17) is 10.5 Å². The summed E-state index contributed by atoms with van der Waals surface area (Å²) >= 11 is 0. The summed E-state index contributed by atoms with van der Waals surface area (Å²) in [4.78, 5) is 15.0. The third-order valence-corrected chi connectivity index (χ3v) is 6.68. The largest absolute Gasteiger partial charge is 0.573 e. The fraction of sp³-hybridized carbons (Fsp3) is 0.476. The molecule has 1 amide bonds. The molecule has 2 fully saturated rings. The second-order valence-electron chi connectivity index (χ2n) is 8.34. The van der Waals surface area contributed by atoms with Crippen LogP contribution >= 0.6 is 0 Å². The van der Waals surface area contributed by atoms with Crippen LogP contribution in [0.25, 0.3) is 0 Å². The van der Waals surface area contributed by atoms with Gasteiger partial charge in [-0.2, -0.15) is 0 Å². The molecule has 7 nitrogen and oxygen atoms in total. The molecule has 2 atom stereocenters. The maximum absolute atomic E-state index is 13.2. The molecular formula is C21H23F3N4O3. The molecule has 31 heavy (non-hydrogen) atoms. The first kappa shape index (κ1) is 20.0. The number of allylic oxidation sites excluding steroid dienone is 1. The van der Waals surface area contributed by atoms with Crippen molar-refractivity contribution in [1.82, 2.24) is 15.8 Å². The zero-order valence-corrected chi connectivity index (χ0v) is 16.7. The molecule has 0 aromatic heterocycles. The van der Waals surface area contributed by atoms with E-state index in [0.29, 0.717) is 31.9 Å². The Bertz CT molecular complexity index is 985. The Morgan fingerprint density at radius 1 is 1.29 bits per heavy atom. The van der Waals surface area contributed by atoms with Crippen molar-refractivity contribution < 1.29 is 27.4 Å². The van der Waals surface area contributed by atoms with Gasteiger partial charge in [-0.15, -0.1) is 13.2 Å². The van der Waals surface area contributed by atoms with Crippen molar-refractivity contribution in [2.75, 3.05) is 32.0 Å². The van der Waals surface area contributed by atoms with Crippen LogP contribution in [0.1, 0.15) is 24.8 Å². The number of hydrogen-bond acceptors (Lipinski definition) is 6. The summed E-state index contributed by atoms with van der Waals surface area (Å²) in [6.45, 7) is 2.14. The standard InChI is InChI=1S/C21H23F3N4O3/c22-21(23,24)31-13-1-2-15(16(25)9-13)20-4-3-12(10-20)17-14(11-26-27-18(17)20)19(29)28-5-7-30-8-6-28/h1-2,9,11-12,26-27H,3-8,10,25H2. The van der Waals surface area contributed by atoms with Gasteiger partial charge in [0.15, 0.2) is 0 Å². The molecule has 2 bridgehead atoms. The number of amides is 1. The van der Waals surface area contributed by atoms with Crippen molar-refractivity contribution in [3.8, 4) is 5.75 Å². The number of rotatable bonds is 3. The number of carbonyl (C=O) groups is 1. The number of nitrogens with zero attached hydrogens (tertiary/aromatic N) is 1. The number of hydrogen-bond donors (Lipinski definition) is 3. The van der Waals surface area contributed by atoms with Crippen LogP contribution in [-0.4, -0.2) is 43.5 Å². The number of ether oxygens (including phenoxy) is 2. The van der Waals surface area contributed by atoms with Crippen LogP contribution in [-0.2, 0) is 14.9 Å². The molecule has 166 valence electrons. The second kappa shape index (κ2) is 7.08. The Hall–Kier alpha value is -2.88. The van der Waals surface area contributed by atoms with Crippen LogP contribution < -0.4 is 21.3 Å². The van der Waals surface area contributed by atoms with E-state index in [1.165, 1.54) is 12.1 Å². The summed E-state index contributed by atoms with van der Waals surface area (Å²) in [5.41, 5.74) is 15.5. The van der Waals surface area contributed by atoms with Gasteiger partial charge in [-0.3, -0.25) is 4.79 Å². The Kier molecular flexibility index (Phi) is 4.58. The highest BCUT2D eigenvalue weighted by Crippen LogP contribution is 2.60. The maximum Gasteiger partial charge on any atom is 0.573 e. The van der Waals surface area contributed by atoms with Crippen molar-refractivity contribution >= 4 is 11.6 Å². The van der Waals surface area contributed by atoms with E-state index in [1.54, 1.807) is 17.2 Å². The zero-order chi connectivity index (χ0) is 21.8. The lowest BCUT2D eigenvalue weighted by atomic mass is 9.75. The minimum atomic E-state index is -4.78. The zero-order valence-electron chi connectivity index (χ0n) is 16.7. The van der Waals surface area contributed by atoms with Crippen LogP contribution in [0, 0.1) is 5.92 Å². The molecule has 1 saturated heterocycles. The molecule has 2 heterocycles. The number of fused-ring (bicyclic) bond motifs is 4. The van der Waals surface area contributed by atoms with Gasteiger partial charge in [0.25, 0.3) is 5.91 Å². The quantitative estimate of drug-likeness (QED) is 0.631. The van der Waals surface area contributed by atoms with Gasteiger partial charge < -0.3 is 31.0 Å². The number of nitrogens with two attached hydrogens (primary N) is 1. The molecule has 10 heteroatoms. The Morgan fingerprint density at radius 2 is 2.06 bits per heavy atom. The Labute approximate surface area is 177 Å². The highest BCUT2D eigenvalue weighted by Gasteiger charge is 2.55. The molecule has 0 spiro atoms. The van der Waals surface area contributed by atoms with Gasteiger partial charge in [0.2, 0.25) is 0 Å². The molecule has 4 aliphatic rings. The third kappa shape index (κ3) is 3.29. The number of halogens is 3. The van der Waals surface area contributed by atoms with Crippen molar-refractivity contribution in [2.45, 2.75) is 31.0 Å². The number of nitrogens with one attached hydrogen (secondary N) is 2. The van der Waals surface area contributed by atoms with E-state index in [2.05, 4.69) is 15.6 Å². The van der Waals surface area contributed by atoms with E-state index < -0.39 is 11.8 Å². The smallest absolute Gasteiger partial charge is 0.406 e. The normalized spacial score (nSPS) is 27.4. The number of morpholine rings is 1. The minimum absolute atomic E-state index is 0.0330. The van der Waals surface area contributed by atoms with Crippen LogP contribution in [0.15, 0.2) is 41.2 Å². The number of benzene rings is 1. The first-order valence-corrected chi connectivity index (χ1v) is 10.3. The van der Waals surface area contributed by atoms with Crippen molar-refractivity contribution in [1.29, 1.82) is 0 Å². The monoisotopic (exact) mass is 436 g/mol. The van der Waals surface area contributed by atoms with E-state index in [1.807, 2.05) is 0 Å². The maximum atomic E-state index is 13.2. The van der Waals surface area contributed by atoms with Crippen LogP contribution in [0.4, 0.5) is 18.9 Å². The lowest BCUT2D eigenvalue weighted by Crippen LogP contribution is -2.46. The molecule has 5 rings (SSSR count). The number of alkyl halides is 3. The van der Waals surface area contributed by atoms with Crippen LogP contribution in [0.5, 0.6) is 5.75 Å². The SMILES string of the molecule is Nc1cc(OC(F)(F)F)ccc1C12CCC(C1)C1=C2NNC=C1C(=O)N1CCOCC1. The first-order valence-electron chi connectivity index (χ1n) is 10.3. The highest BCUT2D eigenvalue weighted by atomic mass is 19.4. The highest BCUT2D eigenvalue weighted by molar-refractivity contribution is 5.99. The average molecular weight is 436 g/mol. The summed E-state index contributed by atoms with van der Waals surface area (Å²) in [5, 5.41) is 0. The predicted octanol–water partition coefficient (Wildman–Crippen LogP) is 2.32. The van der Waals surface area contributed by atoms with E-state index in [0.717, 1.165) is 36.1 Å². The van der Waals surface area contributed by atoms with E-state index in [9.17, 15) is 18.0 Å². The van der Waals surface area contributed by atoms with Gasteiger partial charge in [-0.25, -0.2) is 0 Å². The van der Waals surface area contributed by atoms with Gasteiger partial charge in [0.1, 0.15) is 5.75 Å². The summed E-state index contributed by atoms with van der Waals surface area (Å²) in [5.74, 6) is -0.189. The molecule has 4 N–H and O–H groups in total. The van der Waals surface area contributed by atoms with E-state index in [-0.39, 0.29) is 23.3 Å². The molecule has 2 aliphatic heterocycles. The Morgan fingerprint density at radius 3 is 2.77 bits per heavy atom. The number of carbonyl (C=O) groups excluding carboxylic acids is 1. The van der Waals surface area contributed by atoms with Crippen molar-refractivity contribution in [3.05, 3.63) is 46.8 Å². The van der Waals surface area contributed by atoms with Gasteiger partial charge in [-0.1, -0.05) is 6.07 Å². The van der Waals surface area contributed by atoms with Crippen LogP contribution in [0.3, 0.4) is 0 Å². The number of nitrogen functional groups attached to an aromatic ring is 1. The number of anilines is 1. The molecule has 2 unspecified atom stereocenters. The van der Waals surface area contributed by atoms with Gasteiger partial charge in [0, 0.05) is 42.2 Å². The topological polar surface area (TPSA) is 88.8 Å². The van der Waals surface area contributed by atoms with Crippen molar-refractivity contribution in [2.24, 2.45) is 5.92 Å². The predicted molar refractivity (Wildman–Crippen MR) is 105 cm³/mol. The van der Waals surface area contributed by atoms with Crippen molar-refractivity contribution in [3.63, 3.8) is 0 Å².